The fraction of sp³-hybridized carbons (Fsp3) is 0.429. The first-order valence-corrected chi connectivity index (χ1v) is 7.11. The molecule has 5 nitrogen and oxygen atoms in total. The van der Waals surface area contributed by atoms with Crippen molar-refractivity contribution in [3.63, 3.8) is 0 Å². The molecule has 2 N–H and O–H groups in total. The molecule has 0 bridgehead atoms. The zero-order valence-corrected chi connectivity index (χ0v) is 12.1. The molecule has 1 atom stereocenters. The molecule has 1 saturated heterocycles. The molecule has 108 valence electrons. The van der Waals surface area contributed by atoms with Crippen LogP contribution in [-0.2, 0) is 4.79 Å². The Kier molecular flexibility index (Phi) is 4.84. The number of anilines is 1. The van der Waals surface area contributed by atoms with Crippen molar-refractivity contribution in [1.29, 1.82) is 0 Å². The van der Waals surface area contributed by atoms with Crippen molar-refractivity contribution in [3.05, 3.63) is 29.8 Å². The van der Waals surface area contributed by atoms with E-state index in [4.69, 9.17) is 11.6 Å². The van der Waals surface area contributed by atoms with Gasteiger partial charge < -0.3 is 15.5 Å². The predicted molar refractivity (Wildman–Crippen MR) is 79.2 cm³/mol. The van der Waals surface area contributed by atoms with Gasteiger partial charge in [0.05, 0.1) is 6.04 Å². The molecule has 1 fully saturated rings. The number of hydrogen-bond acceptors (Lipinski definition) is 2. The second kappa shape index (κ2) is 6.61. The van der Waals surface area contributed by atoms with Crippen LogP contribution in [0.4, 0.5) is 10.5 Å². The molecule has 2 rings (SSSR count). The summed E-state index contributed by atoms with van der Waals surface area (Å²) in [5.74, 6) is 0.392. The molecule has 1 aromatic carbocycles. The molecule has 3 amide bonds. The predicted octanol–water partition coefficient (Wildman–Crippen LogP) is 1.64. The van der Waals surface area contributed by atoms with Crippen molar-refractivity contribution < 1.29 is 9.59 Å². The highest BCUT2D eigenvalue weighted by Gasteiger charge is 2.31. The zero-order chi connectivity index (χ0) is 14.5. The molecule has 1 heterocycles. The van der Waals surface area contributed by atoms with Gasteiger partial charge in [0.15, 0.2) is 0 Å². The number of benzene rings is 1. The number of carbonyl (C=O) groups is 2. The maximum Gasteiger partial charge on any atom is 0.315 e. The molecule has 1 aromatic rings. The average Bonchev–Trinajstić information content (AvgIpc) is 2.78. The van der Waals surface area contributed by atoms with Crippen molar-refractivity contribution in [1.82, 2.24) is 10.6 Å². The van der Waals surface area contributed by atoms with Crippen molar-refractivity contribution >= 4 is 29.2 Å². The van der Waals surface area contributed by atoms with Crippen LogP contribution in [0.2, 0.25) is 0 Å². The van der Waals surface area contributed by atoms with E-state index in [9.17, 15) is 9.59 Å². The fourth-order valence-corrected chi connectivity index (χ4v) is 2.27. The molecular weight excluding hydrogens is 278 g/mol. The van der Waals surface area contributed by atoms with E-state index >= 15 is 0 Å². The van der Waals surface area contributed by atoms with Crippen LogP contribution >= 0.6 is 11.6 Å². The summed E-state index contributed by atoms with van der Waals surface area (Å²) in [6.07, 6.45) is 0.322. The SMILES string of the molecule is Cc1ccc(N2C[C@H](NC(=O)NCCCl)CC2=O)cc1. The Balaban J connectivity index is 1.93. The minimum absolute atomic E-state index is 0.0245. The molecular formula is C14H18ClN3O2. The molecule has 20 heavy (non-hydrogen) atoms. The number of amides is 3. The Morgan fingerprint density at radius 2 is 2.10 bits per heavy atom. The lowest BCUT2D eigenvalue weighted by atomic mass is 10.2. The Bertz CT molecular complexity index is 490. The number of aryl methyl sites for hydroxylation is 1. The Morgan fingerprint density at radius 1 is 1.40 bits per heavy atom. The van der Waals surface area contributed by atoms with E-state index in [1.807, 2.05) is 31.2 Å². The molecule has 0 spiro atoms. The quantitative estimate of drug-likeness (QED) is 0.830. The minimum atomic E-state index is -0.283. The van der Waals surface area contributed by atoms with Crippen LogP contribution in [-0.4, -0.2) is 36.9 Å². The molecule has 0 aliphatic carbocycles. The van der Waals surface area contributed by atoms with Gasteiger partial charge in [-0.05, 0) is 19.1 Å². The van der Waals surface area contributed by atoms with E-state index in [0.29, 0.717) is 25.4 Å². The van der Waals surface area contributed by atoms with Gasteiger partial charge in [-0.15, -0.1) is 11.6 Å². The smallest absolute Gasteiger partial charge is 0.315 e. The fourth-order valence-electron chi connectivity index (χ4n) is 2.18. The third-order valence-corrected chi connectivity index (χ3v) is 3.37. The number of rotatable bonds is 4. The van der Waals surface area contributed by atoms with Crippen LogP contribution in [0, 0.1) is 6.92 Å². The molecule has 0 aromatic heterocycles. The average molecular weight is 296 g/mol. The van der Waals surface area contributed by atoms with E-state index in [1.54, 1.807) is 4.90 Å². The summed E-state index contributed by atoms with van der Waals surface area (Å²) in [5, 5.41) is 5.41. The second-order valence-corrected chi connectivity index (χ2v) is 5.21. The monoisotopic (exact) mass is 295 g/mol. The normalized spacial score (nSPS) is 18.2. The minimum Gasteiger partial charge on any atom is -0.337 e. The van der Waals surface area contributed by atoms with Crippen molar-refractivity contribution in [3.8, 4) is 0 Å². The van der Waals surface area contributed by atoms with Crippen LogP contribution < -0.4 is 15.5 Å². The summed E-state index contributed by atoms with van der Waals surface area (Å²) in [6, 6.07) is 7.33. The third-order valence-electron chi connectivity index (χ3n) is 3.19. The lowest BCUT2D eigenvalue weighted by Gasteiger charge is -2.17. The van der Waals surface area contributed by atoms with Gasteiger partial charge in [-0.25, -0.2) is 4.79 Å². The molecule has 6 heteroatoms. The summed E-state index contributed by atoms with van der Waals surface area (Å²) < 4.78 is 0. The van der Waals surface area contributed by atoms with E-state index in [1.165, 1.54) is 0 Å². The van der Waals surface area contributed by atoms with Crippen LogP contribution in [0.15, 0.2) is 24.3 Å². The summed E-state index contributed by atoms with van der Waals surface area (Å²) in [4.78, 5) is 25.2. The Labute approximate surface area is 123 Å². The summed E-state index contributed by atoms with van der Waals surface area (Å²) in [6.45, 7) is 2.91. The number of halogens is 1. The maximum absolute atomic E-state index is 12.0. The lowest BCUT2D eigenvalue weighted by molar-refractivity contribution is -0.117. The number of hydrogen-bond donors (Lipinski definition) is 2. The standard InChI is InChI=1S/C14H18ClN3O2/c1-10-2-4-12(5-3-10)18-9-11(8-13(18)19)17-14(20)16-7-6-15/h2-5,11H,6-9H2,1H3,(H2,16,17,20)/t11-/m1/s1. The first-order valence-electron chi connectivity index (χ1n) is 6.57. The van der Waals surface area contributed by atoms with Gasteiger partial charge in [0, 0.05) is 31.1 Å². The van der Waals surface area contributed by atoms with E-state index in [-0.39, 0.29) is 18.0 Å². The first kappa shape index (κ1) is 14.7. The topological polar surface area (TPSA) is 61.4 Å². The van der Waals surface area contributed by atoms with Gasteiger partial charge >= 0.3 is 6.03 Å². The molecule has 1 aliphatic rings. The zero-order valence-electron chi connectivity index (χ0n) is 11.4. The van der Waals surface area contributed by atoms with E-state index in [0.717, 1.165) is 11.3 Å². The first-order chi connectivity index (χ1) is 9.60. The highest BCUT2D eigenvalue weighted by Crippen LogP contribution is 2.21. The van der Waals surface area contributed by atoms with Crippen molar-refractivity contribution in [2.24, 2.45) is 0 Å². The number of alkyl halides is 1. The largest absolute Gasteiger partial charge is 0.337 e. The third kappa shape index (κ3) is 3.63. The molecule has 1 aliphatic heterocycles. The Morgan fingerprint density at radius 3 is 2.75 bits per heavy atom. The second-order valence-electron chi connectivity index (χ2n) is 4.83. The number of carbonyl (C=O) groups excluding carboxylic acids is 2. The molecule has 0 unspecified atom stereocenters. The van der Waals surface area contributed by atoms with Crippen LogP contribution in [0.1, 0.15) is 12.0 Å². The van der Waals surface area contributed by atoms with Gasteiger partial charge in [0.1, 0.15) is 0 Å². The highest BCUT2D eigenvalue weighted by atomic mass is 35.5. The van der Waals surface area contributed by atoms with E-state index in [2.05, 4.69) is 10.6 Å². The summed E-state index contributed by atoms with van der Waals surface area (Å²) in [7, 11) is 0. The number of nitrogens with zero attached hydrogens (tertiary/aromatic N) is 1. The number of nitrogens with one attached hydrogen (secondary N) is 2. The molecule has 0 radical (unpaired) electrons. The number of urea groups is 1. The van der Waals surface area contributed by atoms with Gasteiger partial charge in [-0.3, -0.25) is 4.79 Å². The lowest BCUT2D eigenvalue weighted by Crippen LogP contribution is -2.43. The highest BCUT2D eigenvalue weighted by molar-refractivity contribution is 6.18. The Hall–Kier alpha value is -1.75. The molecule has 0 saturated carbocycles. The van der Waals surface area contributed by atoms with Gasteiger partial charge in [0.25, 0.3) is 0 Å². The van der Waals surface area contributed by atoms with Crippen LogP contribution in [0.5, 0.6) is 0 Å². The van der Waals surface area contributed by atoms with Crippen LogP contribution in [0.3, 0.4) is 0 Å². The van der Waals surface area contributed by atoms with Gasteiger partial charge in [-0.2, -0.15) is 0 Å². The van der Waals surface area contributed by atoms with Crippen LogP contribution in [0.25, 0.3) is 0 Å². The maximum atomic E-state index is 12.0. The summed E-state index contributed by atoms with van der Waals surface area (Å²) >= 11 is 5.50. The van der Waals surface area contributed by atoms with Crippen molar-refractivity contribution in [2.75, 3.05) is 23.9 Å². The van der Waals surface area contributed by atoms with Crippen molar-refractivity contribution in [2.45, 2.75) is 19.4 Å². The van der Waals surface area contributed by atoms with Gasteiger partial charge in [-0.1, -0.05) is 17.7 Å². The summed E-state index contributed by atoms with van der Waals surface area (Å²) in [5.41, 5.74) is 2.02. The van der Waals surface area contributed by atoms with Gasteiger partial charge in [0.2, 0.25) is 5.91 Å². The van der Waals surface area contributed by atoms with E-state index < -0.39 is 0 Å².